The van der Waals surface area contributed by atoms with Crippen molar-refractivity contribution in [1.29, 1.82) is 0 Å². The lowest BCUT2D eigenvalue weighted by Gasteiger charge is -2.28. The highest BCUT2D eigenvalue weighted by atomic mass is 16.2. The van der Waals surface area contributed by atoms with E-state index in [4.69, 9.17) is 0 Å². The van der Waals surface area contributed by atoms with Gasteiger partial charge >= 0.3 is 6.03 Å². The lowest BCUT2D eigenvalue weighted by molar-refractivity contribution is -0.131. The third kappa shape index (κ3) is 2.39. The first-order valence-corrected chi connectivity index (χ1v) is 7.93. The van der Waals surface area contributed by atoms with Gasteiger partial charge in [-0.2, -0.15) is 0 Å². The fourth-order valence-corrected chi connectivity index (χ4v) is 3.17. The maximum atomic E-state index is 13.4. The molecule has 2 heterocycles. The molecule has 0 saturated carbocycles. The number of hydrogen-bond acceptors (Lipinski definition) is 3. The smallest absolute Gasteiger partial charge is 0.319 e. The molecule has 0 spiro atoms. The molecule has 6 nitrogen and oxygen atoms in total. The highest BCUT2D eigenvalue weighted by Crippen LogP contribution is 2.36. The average Bonchev–Trinajstić information content (AvgIpc) is 3.26. The van der Waals surface area contributed by atoms with Crippen LogP contribution in [0.15, 0.2) is 79.4 Å². The topological polar surface area (TPSA) is 67.2 Å². The number of carbonyl (C=O) groups excluding carboxylic acids is 2. The van der Waals surface area contributed by atoms with Gasteiger partial charge in [-0.1, -0.05) is 60.7 Å². The van der Waals surface area contributed by atoms with Crippen LogP contribution in [0, 0.1) is 0 Å². The maximum Gasteiger partial charge on any atom is 0.327 e. The van der Waals surface area contributed by atoms with E-state index in [9.17, 15) is 9.59 Å². The van der Waals surface area contributed by atoms with Gasteiger partial charge in [0.2, 0.25) is 0 Å². The first-order chi connectivity index (χ1) is 12.2. The van der Waals surface area contributed by atoms with Gasteiger partial charge in [-0.25, -0.2) is 14.7 Å². The van der Waals surface area contributed by atoms with E-state index in [-0.39, 0.29) is 12.6 Å². The summed E-state index contributed by atoms with van der Waals surface area (Å²) in [6.07, 6.45) is 4.90. The lowest BCUT2D eigenvalue weighted by Crippen LogP contribution is -2.45. The van der Waals surface area contributed by atoms with Gasteiger partial charge in [-0.05, 0) is 11.1 Å². The number of carbonyl (C=O) groups is 2. The van der Waals surface area contributed by atoms with Crippen LogP contribution >= 0.6 is 0 Å². The van der Waals surface area contributed by atoms with Crippen molar-refractivity contribution in [2.45, 2.75) is 12.2 Å². The number of nitrogens with one attached hydrogen (secondary N) is 1. The Hall–Kier alpha value is -3.41. The van der Waals surface area contributed by atoms with Gasteiger partial charge in [-0.15, -0.1) is 0 Å². The van der Waals surface area contributed by atoms with Crippen LogP contribution in [0.4, 0.5) is 4.79 Å². The van der Waals surface area contributed by atoms with E-state index in [1.165, 1.54) is 4.90 Å². The molecule has 25 heavy (non-hydrogen) atoms. The number of imide groups is 1. The molecule has 0 radical (unpaired) electrons. The SMILES string of the molecule is O=C1NC(c2ccccc2)(c2ccccc2)C(=O)N1Cn1ccnc1. The average molecular weight is 332 g/mol. The molecule has 1 aliphatic rings. The third-order valence-corrected chi connectivity index (χ3v) is 4.38. The van der Waals surface area contributed by atoms with E-state index in [2.05, 4.69) is 10.3 Å². The van der Waals surface area contributed by atoms with E-state index in [1.807, 2.05) is 60.7 Å². The minimum absolute atomic E-state index is 0.117. The second-order valence-electron chi connectivity index (χ2n) is 5.86. The zero-order chi connectivity index (χ0) is 17.3. The van der Waals surface area contributed by atoms with Crippen LogP contribution in [-0.2, 0) is 17.0 Å². The molecule has 124 valence electrons. The maximum absolute atomic E-state index is 13.4. The molecule has 3 amide bonds. The Bertz CT molecular complexity index is 852. The normalized spacial score (nSPS) is 16.1. The van der Waals surface area contributed by atoms with Gasteiger partial charge in [0.05, 0.1) is 6.33 Å². The van der Waals surface area contributed by atoms with Crippen LogP contribution in [-0.4, -0.2) is 26.4 Å². The fourth-order valence-electron chi connectivity index (χ4n) is 3.17. The van der Waals surface area contributed by atoms with E-state index < -0.39 is 11.6 Å². The Morgan fingerprint density at radius 1 is 0.920 bits per heavy atom. The fraction of sp³-hybridized carbons (Fsp3) is 0.105. The molecule has 6 heteroatoms. The number of rotatable bonds is 4. The summed E-state index contributed by atoms with van der Waals surface area (Å²) >= 11 is 0. The van der Waals surface area contributed by atoms with Crippen molar-refractivity contribution in [1.82, 2.24) is 19.8 Å². The number of imidazole rings is 1. The lowest BCUT2D eigenvalue weighted by atomic mass is 9.83. The highest BCUT2D eigenvalue weighted by molar-refractivity contribution is 6.09. The molecule has 2 aromatic carbocycles. The first kappa shape index (κ1) is 15.1. The Kier molecular flexibility index (Phi) is 3.57. The van der Waals surface area contributed by atoms with Crippen LogP contribution in [0.25, 0.3) is 0 Å². The Morgan fingerprint density at radius 3 is 2.04 bits per heavy atom. The second-order valence-corrected chi connectivity index (χ2v) is 5.86. The molecule has 0 atom stereocenters. The molecule has 1 N–H and O–H groups in total. The van der Waals surface area contributed by atoms with Crippen molar-refractivity contribution in [2.24, 2.45) is 0 Å². The monoisotopic (exact) mass is 332 g/mol. The van der Waals surface area contributed by atoms with Crippen LogP contribution < -0.4 is 5.32 Å². The molecule has 0 aliphatic carbocycles. The molecule has 0 bridgehead atoms. The summed E-state index contributed by atoms with van der Waals surface area (Å²) in [5.74, 6) is -0.302. The first-order valence-electron chi connectivity index (χ1n) is 7.93. The summed E-state index contributed by atoms with van der Waals surface area (Å²) < 4.78 is 1.68. The van der Waals surface area contributed by atoms with Crippen LogP contribution in [0.1, 0.15) is 11.1 Å². The van der Waals surface area contributed by atoms with Gasteiger partial charge in [0, 0.05) is 12.4 Å². The van der Waals surface area contributed by atoms with Gasteiger partial charge in [0.25, 0.3) is 5.91 Å². The van der Waals surface area contributed by atoms with Crippen molar-refractivity contribution >= 4 is 11.9 Å². The number of hydrogen-bond donors (Lipinski definition) is 1. The summed E-state index contributed by atoms with van der Waals surface area (Å²) in [7, 11) is 0. The van der Waals surface area contributed by atoms with Crippen molar-refractivity contribution < 1.29 is 9.59 Å². The Balaban J connectivity index is 1.82. The Labute approximate surface area is 144 Å². The van der Waals surface area contributed by atoms with Gasteiger partial charge < -0.3 is 9.88 Å². The molecule has 1 aromatic heterocycles. The third-order valence-electron chi connectivity index (χ3n) is 4.38. The largest absolute Gasteiger partial charge is 0.327 e. The summed E-state index contributed by atoms with van der Waals surface area (Å²) in [6.45, 7) is 0.117. The minimum atomic E-state index is -1.22. The summed E-state index contributed by atoms with van der Waals surface area (Å²) in [5.41, 5.74) is 0.237. The summed E-state index contributed by atoms with van der Waals surface area (Å²) in [4.78, 5) is 31.2. The van der Waals surface area contributed by atoms with Gasteiger partial charge in [-0.3, -0.25) is 4.79 Å². The van der Waals surface area contributed by atoms with E-state index in [1.54, 1.807) is 23.3 Å². The standard InChI is InChI=1S/C19H16N4O2/c24-17-19(15-7-3-1-4-8-15,16-9-5-2-6-10-16)21-18(25)23(17)14-22-12-11-20-13-22/h1-13H,14H2,(H,21,25). The summed E-state index contributed by atoms with van der Waals surface area (Å²) in [6, 6.07) is 18.2. The molecule has 1 aliphatic heterocycles. The molecule has 1 fully saturated rings. The zero-order valence-corrected chi connectivity index (χ0v) is 13.4. The second kappa shape index (κ2) is 5.90. The quantitative estimate of drug-likeness (QED) is 0.746. The van der Waals surface area contributed by atoms with Crippen molar-refractivity contribution in [3.05, 3.63) is 90.5 Å². The van der Waals surface area contributed by atoms with E-state index in [0.29, 0.717) is 0 Å². The van der Waals surface area contributed by atoms with Gasteiger partial charge in [0.1, 0.15) is 6.67 Å². The van der Waals surface area contributed by atoms with E-state index >= 15 is 0 Å². The van der Waals surface area contributed by atoms with Crippen molar-refractivity contribution in [3.8, 4) is 0 Å². The number of benzene rings is 2. The molecular weight excluding hydrogens is 316 g/mol. The summed E-state index contributed by atoms with van der Waals surface area (Å²) in [5, 5.41) is 2.92. The van der Waals surface area contributed by atoms with Crippen molar-refractivity contribution in [3.63, 3.8) is 0 Å². The predicted octanol–water partition coefficient (Wildman–Crippen LogP) is 2.34. The molecule has 3 aromatic rings. The molecule has 0 unspecified atom stereocenters. The minimum Gasteiger partial charge on any atom is -0.319 e. The highest BCUT2D eigenvalue weighted by Gasteiger charge is 2.53. The van der Waals surface area contributed by atoms with Crippen LogP contribution in [0.2, 0.25) is 0 Å². The number of nitrogens with zero attached hydrogens (tertiary/aromatic N) is 3. The van der Waals surface area contributed by atoms with E-state index in [0.717, 1.165) is 11.1 Å². The number of amides is 3. The number of aromatic nitrogens is 2. The predicted molar refractivity (Wildman–Crippen MR) is 91.3 cm³/mol. The zero-order valence-electron chi connectivity index (χ0n) is 13.4. The molecular formula is C19H16N4O2. The van der Waals surface area contributed by atoms with Crippen LogP contribution in [0.5, 0.6) is 0 Å². The Morgan fingerprint density at radius 2 is 1.52 bits per heavy atom. The number of urea groups is 1. The van der Waals surface area contributed by atoms with Crippen LogP contribution in [0.3, 0.4) is 0 Å². The van der Waals surface area contributed by atoms with Gasteiger partial charge in [0.15, 0.2) is 5.54 Å². The molecule has 1 saturated heterocycles. The molecule has 4 rings (SSSR count). The van der Waals surface area contributed by atoms with Crippen molar-refractivity contribution in [2.75, 3.05) is 0 Å².